The fourth-order valence-corrected chi connectivity index (χ4v) is 4.93. The fourth-order valence-electron chi connectivity index (χ4n) is 4.93. The van der Waals surface area contributed by atoms with Gasteiger partial charge in [-0.15, -0.1) is 0 Å². The number of nitrogens with zero attached hydrogens (tertiary/aromatic N) is 2. The highest BCUT2D eigenvalue weighted by atomic mass is 16.2. The lowest BCUT2D eigenvalue weighted by Crippen LogP contribution is -2.48. The maximum Gasteiger partial charge on any atom is 0.322 e. The first-order valence-electron chi connectivity index (χ1n) is 11.4. The lowest BCUT2D eigenvalue weighted by Gasteiger charge is -2.31. The summed E-state index contributed by atoms with van der Waals surface area (Å²) in [7, 11) is 0. The van der Waals surface area contributed by atoms with Crippen LogP contribution in [-0.2, 0) is 10.3 Å². The zero-order valence-corrected chi connectivity index (χ0v) is 19.7. The first kappa shape index (κ1) is 22.8. The van der Waals surface area contributed by atoms with Gasteiger partial charge in [-0.2, -0.15) is 0 Å². The largest absolute Gasteiger partial charge is 0.365 e. The minimum Gasteiger partial charge on any atom is -0.365 e. The molecule has 2 saturated heterocycles. The number of aromatic nitrogens is 1. The Labute approximate surface area is 194 Å². The molecule has 2 fully saturated rings. The van der Waals surface area contributed by atoms with Gasteiger partial charge in [0.15, 0.2) is 0 Å². The Bertz CT molecular complexity index is 1100. The quantitative estimate of drug-likeness (QED) is 0.609. The van der Waals surface area contributed by atoms with Crippen molar-refractivity contribution in [1.29, 1.82) is 0 Å². The SMILES string of the molecule is Cc1cnc(N[C@H]2C[C@@H](C)N(C(=O)c3ccc([C@@]4(C(C)C)NC(=O)NC4=O)cc3)C2)c(C)c1. The molecule has 8 heteroatoms. The Kier molecular flexibility index (Phi) is 5.86. The number of imide groups is 1. The minimum absolute atomic E-state index is 0.0505. The predicted molar refractivity (Wildman–Crippen MR) is 126 cm³/mol. The van der Waals surface area contributed by atoms with E-state index in [0.717, 1.165) is 23.4 Å². The van der Waals surface area contributed by atoms with Crippen molar-refractivity contribution in [2.75, 3.05) is 11.9 Å². The van der Waals surface area contributed by atoms with E-state index in [0.29, 0.717) is 17.7 Å². The first-order valence-corrected chi connectivity index (χ1v) is 11.4. The molecule has 0 saturated carbocycles. The number of hydrogen-bond donors (Lipinski definition) is 3. The average molecular weight is 450 g/mol. The zero-order valence-electron chi connectivity index (χ0n) is 19.7. The fraction of sp³-hybridized carbons (Fsp3) is 0.440. The van der Waals surface area contributed by atoms with Crippen LogP contribution in [0.1, 0.15) is 54.2 Å². The van der Waals surface area contributed by atoms with Crippen molar-refractivity contribution in [2.24, 2.45) is 5.92 Å². The van der Waals surface area contributed by atoms with Crippen LogP contribution in [0.3, 0.4) is 0 Å². The molecule has 3 N–H and O–H groups in total. The smallest absolute Gasteiger partial charge is 0.322 e. The number of pyridine rings is 1. The Morgan fingerprint density at radius 2 is 1.91 bits per heavy atom. The molecule has 2 aromatic rings. The van der Waals surface area contributed by atoms with E-state index in [-0.39, 0.29) is 29.8 Å². The number of hydrogen-bond acceptors (Lipinski definition) is 5. The van der Waals surface area contributed by atoms with E-state index in [9.17, 15) is 14.4 Å². The third-order valence-corrected chi connectivity index (χ3v) is 6.74. The number of carbonyl (C=O) groups is 3. The lowest BCUT2D eigenvalue weighted by molar-refractivity contribution is -0.125. The van der Waals surface area contributed by atoms with Gasteiger partial charge >= 0.3 is 6.03 Å². The second-order valence-corrected chi connectivity index (χ2v) is 9.51. The second-order valence-electron chi connectivity index (χ2n) is 9.51. The number of anilines is 1. The molecule has 0 bridgehead atoms. The summed E-state index contributed by atoms with van der Waals surface area (Å²) < 4.78 is 0. The van der Waals surface area contributed by atoms with Crippen molar-refractivity contribution in [3.63, 3.8) is 0 Å². The van der Waals surface area contributed by atoms with E-state index >= 15 is 0 Å². The van der Waals surface area contributed by atoms with Crippen LogP contribution in [0.15, 0.2) is 36.5 Å². The Hall–Kier alpha value is -3.42. The Balaban J connectivity index is 1.49. The molecule has 2 aliphatic heterocycles. The van der Waals surface area contributed by atoms with Crippen LogP contribution in [0.2, 0.25) is 0 Å². The van der Waals surface area contributed by atoms with Gasteiger partial charge in [0.25, 0.3) is 11.8 Å². The van der Waals surface area contributed by atoms with Crippen LogP contribution < -0.4 is 16.0 Å². The lowest BCUT2D eigenvalue weighted by atomic mass is 9.79. The third kappa shape index (κ3) is 4.05. The Morgan fingerprint density at radius 3 is 2.48 bits per heavy atom. The summed E-state index contributed by atoms with van der Waals surface area (Å²) in [6.45, 7) is 10.5. The molecule has 3 atom stereocenters. The molecule has 1 aromatic carbocycles. The number of nitrogens with one attached hydrogen (secondary N) is 3. The van der Waals surface area contributed by atoms with E-state index in [4.69, 9.17) is 0 Å². The van der Waals surface area contributed by atoms with Gasteiger partial charge in [-0.25, -0.2) is 9.78 Å². The maximum atomic E-state index is 13.3. The average Bonchev–Trinajstić information content (AvgIpc) is 3.28. The summed E-state index contributed by atoms with van der Waals surface area (Å²) >= 11 is 0. The maximum absolute atomic E-state index is 13.3. The van der Waals surface area contributed by atoms with Crippen molar-refractivity contribution in [1.82, 2.24) is 20.5 Å². The molecule has 2 aliphatic rings. The number of benzene rings is 1. The van der Waals surface area contributed by atoms with Crippen LogP contribution in [-0.4, -0.2) is 46.4 Å². The van der Waals surface area contributed by atoms with Gasteiger partial charge < -0.3 is 15.5 Å². The number of carbonyl (C=O) groups excluding carboxylic acids is 3. The number of amides is 4. The second kappa shape index (κ2) is 8.50. The van der Waals surface area contributed by atoms with Gasteiger partial charge in [0.2, 0.25) is 0 Å². The van der Waals surface area contributed by atoms with E-state index < -0.39 is 11.6 Å². The van der Waals surface area contributed by atoms with Gasteiger partial charge in [-0.1, -0.05) is 32.0 Å². The summed E-state index contributed by atoms with van der Waals surface area (Å²) in [6.07, 6.45) is 2.68. The summed E-state index contributed by atoms with van der Waals surface area (Å²) in [5.74, 6) is 0.274. The van der Waals surface area contributed by atoms with Gasteiger partial charge in [0.1, 0.15) is 11.4 Å². The van der Waals surface area contributed by atoms with Crippen molar-refractivity contribution in [3.05, 3.63) is 58.8 Å². The highest BCUT2D eigenvalue weighted by Gasteiger charge is 2.50. The summed E-state index contributed by atoms with van der Waals surface area (Å²) in [5, 5.41) is 8.59. The monoisotopic (exact) mass is 449 g/mol. The molecule has 33 heavy (non-hydrogen) atoms. The normalized spacial score (nSPS) is 24.7. The van der Waals surface area contributed by atoms with Crippen LogP contribution in [0.4, 0.5) is 10.6 Å². The third-order valence-electron chi connectivity index (χ3n) is 6.74. The van der Waals surface area contributed by atoms with Gasteiger partial charge in [-0.05, 0) is 61.9 Å². The van der Waals surface area contributed by atoms with Crippen molar-refractivity contribution in [3.8, 4) is 0 Å². The van der Waals surface area contributed by atoms with Gasteiger partial charge in [-0.3, -0.25) is 14.9 Å². The van der Waals surface area contributed by atoms with E-state index in [2.05, 4.69) is 33.9 Å². The molecule has 3 heterocycles. The Morgan fingerprint density at radius 1 is 1.21 bits per heavy atom. The van der Waals surface area contributed by atoms with Crippen molar-refractivity contribution in [2.45, 2.75) is 58.7 Å². The minimum atomic E-state index is -1.13. The van der Waals surface area contributed by atoms with Gasteiger partial charge in [0, 0.05) is 30.4 Å². The number of aryl methyl sites for hydroxylation is 2. The van der Waals surface area contributed by atoms with Crippen LogP contribution in [0.5, 0.6) is 0 Å². The number of likely N-dealkylation sites (tertiary alicyclic amines) is 1. The van der Waals surface area contributed by atoms with Crippen LogP contribution in [0.25, 0.3) is 0 Å². The molecule has 0 spiro atoms. The molecule has 8 nitrogen and oxygen atoms in total. The molecule has 0 unspecified atom stereocenters. The van der Waals surface area contributed by atoms with Gasteiger partial charge in [0.05, 0.1) is 0 Å². The molecule has 1 aromatic heterocycles. The van der Waals surface area contributed by atoms with Crippen LogP contribution >= 0.6 is 0 Å². The highest BCUT2D eigenvalue weighted by molar-refractivity contribution is 6.07. The molecule has 4 amide bonds. The van der Waals surface area contributed by atoms with E-state index in [1.54, 1.807) is 24.3 Å². The van der Waals surface area contributed by atoms with E-state index in [1.165, 1.54) is 0 Å². The number of urea groups is 1. The summed E-state index contributed by atoms with van der Waals surface area (Å²) in [6, 6.07) is 8.79. The molecule has 174 valence electrons. The standard InChI is InChI=1S/C25H31N5O3/c1-14(2)25(23(32)28-24(33)29-25)19-8-6-18(7-9-19)22(31)30-13-20(11-17(30)5)27-21-16(4)10-15(3)12-26-21/h6-10,12,14,17,20H,11,13H2,1-5H3,(H,26,27)(H2,28,29,32,33)/t17-,20+,25-/m1/s1. The zero-order chi connectivity index (χ0) is 23.9. The highest BCUT2D eigenvalue weighted by Crippen LogP contribution is 2.33. The molecule has 0 radical (unpaired) electrons. The summed E-state index contributed by atoms with van der Waals surface area (Å²) in [4.78, 5) is 44.0. The topological polar surface area (TPSA) is 103 Å². The summed E-state index contributed by atoms with van der Waals surface area (Å²) in [5.41, 5.74) is 2.29. The number of rotatable bonds is 5. The first-order chi connectivity index (χ1) is 15.6. The van der Waals surface area contributed by atoms with Crippen molar-refractivity contribution < 1.29 is 14.4 Å². The van der Waals surface area contributed by atoms with E-state index in [1.807, 2.05) is 38.8 Å². The van der Waals surface area contributed by atoms with Crippen LogP contribution in [0, 0.1) is 19.8 Å². The molecular weight excluding hydrogens is 418 g/mol. The molecular formula is C25H31N5O3. The molecule has 4 rings (SSSR count). The predicted octanol–water partition coefficient (Wildman–Crippen LogP) is 3.10. The van der Waals surface area contributed by atoms with Crippen molar-refractivity contribution >= 4 is 23.7 Å². The molecule has 0 aliphatic carbocycles.